The normalized spacial score (nSPS) is 16.2. The van der Waals surface area contributed by atoms with Crippen LogP contribution in [0.15, 0.2) is 36.4 Å². The number of H-pyrrole nitrogens is 2. The summed E-state index contributed by atoms with van der Waals surface area (Å²) in [7, 11) is 1.36. The van der Waals surface area contributed by atoms with Crippen molar-refractivity contribution in [2.24, 2.45) is 17.8 Å². The van der Waals surface area contributed by atoms with Gasteiger partial charge >= 0.3 is 35.0 Å². The second kappa shape index (κ2) is 27.4. The molecular formula is C59H85MgN5O5+2. The average molecular weight is 969 g/mol. The van der Waals surface area contributed by atoms with Gasteiger partial charge in [0.15, 0.2) is 0 Å². The van der Waals surface area contributed by atoms with Crippen molar-refractivity contribution in [1.82, 2.24) is 25.3 Å². The van der Waals surface area contributed by atoms with E-state index in [1.54, 1.807) is 0 Å². The fraction of sp³-hybridized carbons (Fsp3) is 0.576. The van der Waals surface area contributed by atoms with E-state index in [0.29, 0.717) is 46.1 Å². The van der Waals surface area contributed by atoms with Gasteiger partial charge < -0.3 is 24.8 Å². The van der Waals surface area contributed by atoms with E-state index in [-0.39, 0.29) is 72.3 Å². The molecule has 11 heteroatoms. The van der Waals surface area contributed by atoms with Crippen molar-refractivity contribution in [3.05, 3.63) is 87.0 Å². The third-order valence-corrected chi connectivity index (χ3v) is 15.0. The molecule has 1 amide bonds. The molecule has 3 N–H and O–H groups in total. The number of hydrogen-bond donors (Lipinski definition) is 3. The molecule has 5 heterocycles. The van der Waals surface area contributed by atoms with E-state index in [9.17, 15) is 14.4 Å². The number of aromatic nitrogens is 4. The summed E-state index contributed by atoms with van der Waals surface area (Å²) in [5.41, 5.74) is 13.2. The Bertz CT molecular complexity index is 2550. The first-order valence-corrected chi connectivity index (χ1v) is 26.2. The molecule has 70 heavy (non-hydrogen) atoms. The predicted octanol–water partition coefficient (Wildman–Crippen LogP) is 13.9. The first kappa shape index (κ1) is 58.1. The standard InChI is InChI=1S/C59H85N5O5.Mg/c1-15-39(9)60-59(67)56-43(13)51-34-53-45(17-3)41(11)49(62-53)33-52-44(16-2)40(10)48(61-52)32-50-42(12)46(57(63-50)47(58(56)64-51)31-55(66)68-14)27-28-54(65)69-30-29-38(8)26-20-25-37(7)24-19-23-36(6)22-18-21-35(4)5;/h16,29,32-37,39,42,46,61-62H,2,15,17-28,30-31H2,1,3-14H3,(H,60,67);/q;+2/b38-29+,48-32?,49-33?,50-32?,51-34?,52-33?,53-34?,57-47?,58-47?;. The Morgan fingerprint density at radius 3 is 2.09 bits per heavy atom. The summed E-state index contributed by atoms with van der Waals surface area (Å²) in [6.07, 6.45) is 17.1. The fourth-order valence-electron chi connectivity index (χ4n) is 10.2. The van der Waals surface area contributed by atoms with Gasteiger partial charge in [0, 0.05) is 63.2 Å². The van der Waals surface area contributed by atoms with Gasteiger partial charge in [-0.2, -0.15) is 0 Å². The molecule has 0 fully saturated rings. The Hall–Kier alpha value is -4.48. The molecule has 2 aliphatic rings. The SMILES string of the molecule is C=Cc1c(C)c2cc3nc(c(CC(=O)OC)c4nc(cc5[nH]c(cc1[nH]2)c(C)c5CC)C(C)=C4C(=O)NC(C)CC)C(CCC(=O)OC/C=C(\C)CCCC(C)CCCC(C)CCCC(C)C)C3C.[Mg+2]. The van der Waals surface area contributed by atoms with E-state index in [2.05, 4.69) is 96.3 Å². The summed E-state index contributed by atoms with van der Waals surface area (Å²) in [4.78, 5) is 59.4. The van der Waals surface area contributed by atoms with Crippen LogP contribution in [-0.2, 0) is 36.7 Å². The summed E-state index contributed by atoms with van der Waals surface area (Å²) < 4.78 is 11.2. The summed E-state index contributed by atoms with van der Waals surface area (Å²) >= 11 is 0. The van der Waals surface area contributed by atoms with E-state index in [1.807, 2.05) is 39.0 Å². The van der Waals surface area contributed by atoms with Crippen LogP contribution in [0.1, 0.15) is 209 Å². The number of allylic oxidation sites excluding steroid dienone is 2. The molecule has 0 radical (unpaired) electrons. The van der Waals surface area contributed by atoms with Gasteiger partial charge in [0.25, 0.3) is 5.91 Å². The average Bonchev–Trinajstić information content (AvgIpc) is 3.99. The van der Waals surface area contributed by atoms with Crippen molar-refractivity contribution < 1.29 is 23.9 Å². The fourth-order valence-corrected chi connectivity index (χ4v) is 10.2. The molecule has 2 aliphatic heterocycles. The minimum atomic E-state index is -0.479. The van der Waals surface area contributed by atoms with E-state index < -0.39 is 5.97 Å². The Morgan fingerprint density at radius 2 is 1.46 bits per heavy atom. The zero-order chi connectivity index (χ0) is 50.5. The largest absolute Gasteiger partial charge is 2.00 e. The number of aryl methyl sites for hydroxylation is 3. The molecular weight excluding hydrogens is 883 g/mol. The minimum Gasteiger partial charge on any atom is -0.469 e. The number of hydrogen-bond acceptors (Lipinski definition) is 7. The first-order valence-electron chi connectivity index (χ1n) is 26.2. The smallest absolute Gasteiger partial charge is 0.469 e. The van der Waals surface area contributed by atoms with Gasteiger partial charge in [-0.15, -0.1) is 0 Å². The number of esters is 2. The number of carbonyl (C=O) groups excluding carboxylic acids is 3. The van der Waals surface area contributed by atoms with Crippen LogP contribution in [0.5, 0.6) is 0 Å². The van der Waals surface area contributed by atoms with Crippen molar-refractivity contribution in [3.8, 4) is 0 Å². The van der Waals surface area contributed by atoms with Crippen LogP contribution in [0, 0.1) is 31.6 Å². The van der Waals surface area contributed by atoms with Crippen molar-refractivity contribution in [3.63, 3.8) is 0 Å². The van der Waals surface area contributed by atoms with Crippen LogP contribution >= 0.6 is 0 Å². The number of nitrogens with zero attached hydrogens (tertiary/aromatic N) is 2. The number of methoxy groups -OCH3 is 1. The third-order valence-electron chi connectivity index (χ3n) is 15.0. The Balaban J connectivity index is 0.0000107. The van der Waals surface area contributed by atoms with Gasteiger partial charge in [0.1, 0.15) is 6.61 Å². The zero-order valence-electron chi connectivity index (χ0n) is 45.3. The molecule has 10 nitrogen and oxygen atoms in total. The summed E-state index contributed by atoms with van der Waals surface area (Å²) in [5.74, 6) is 0.811. The predicted molar refractivity (Wildman–Crippen MR) is 292 cm³/mol. The van der Waals surface area contributed by atoms with E-state index in [0.717, 1.165) is 87.5 Å². The van der Waals surface area contributed by atoms with Gasteiger partial charge in [-0.3, -0.25) is 19.4 Å². The van der Waals surface area contributed by atoms with Crippen molar-refractivity contribution in [1.29, 1.82) is 0 Å². The maximum absolute atomic E-state index is 14.4. The van der Waals surface area contributed by atoms with Gasteiger partial charge in [-0.25, -0.2) is 4.98 Å². The van der Waals surface area contributed by atoms with Crippen LogP contribution in [-0.4, -0.2) is 80.6 Å². The number of amides is 1. The monoisotopic (exact) mass is 968 g/mol. The summed E-state index contributed by atoms with van der Waals surface area (Å²) in [6, 6.07) is 6.11. The number of ether oxygens (including phenoxy) is 2. The van der Waals surface area contributed by atoms with Gasteiger partial charge in [0.2, 0.25) is 0 Å². The molecule has 0 aliphatic carbocycles. The second-order valence-electron chi connectivity index (χ2n) is 20.8. The van der Waals surface area contributed by atoms with Gasteiger partial charge in [-0.1, -0.05) is 112 Å². The van der Waals surface area contributed by atoms with E-state index >= 15 is 0 Å². The van der Waals surface area contributed by atoms with Crippen LogP contribution in [0.3, 0.4) is 0 Å². The second-order valence-corrected chi connectivity index (χ2v) is 20.8. The number of carbonyl (C=O) groups is 3. The topological polar surface area (TPSA) is 139 Å². The molecule has 3 aromatic rings. The Labute approximate surface area is 436 Å². The van der Waals surface area contributed by atoms with Crippen LogP contribution in [0.2, 0.25) is 0 Å². The van der Waals surface area contributed by atoms with Crippen LogP contribution in [0.25, 0.3) is 39.3 Å². The van der Waals surface area contributed by atoms with Gasteiger partial charge in [0.05, 0.1) is 36.2 Å². The summed E-state index contributed by atoms with van der Waals surface area (Å²) in [5, 5.41) is 3.17. The maximum Gasteiger partial charge on any atom is 2.00 e. The summed E-state index contributed by atoms with van der Waals surface area (Å²) in [6.45, 7) is 30.3. The molecule has 3 aromatic heterocycles. The van der Waals surface area contributed by atoms with Gasteiger partial charge in [-0.05, 0) is 131 Å². The van der Waals surface area contributed by atoms with Crippen LogP contribution < -0.4 is 5.32 Å². The van der Waals surface area contributed by atoms with Crippen molar-refractivity contribution in [2.75, 3.05) is 13.7 Å². The molecule has 376 valence electrons. The van der Waals surface area contributed by atoms with Crippen molar-refractivity contribution >= 4 is 80.2 Å². The molecule has 0 saturated heterocycles. The molecule has 5 atom stereocenters. The molecule has 0 saturated carbocycles. The zero-order valence-corrected chi connectivity index (χ0v) is 46.7. The molecule has 0 aromatic carbocycles. The maximum atomic E-state index is 14.4. The number of aromatic amines is 2. The third kappa shape index (κ3) is 15.0. The molecule has 5 rings (SSSR count). The number of fused-ring (bicyclic) bond motifs is 8. The quantitative estimate of drug-likeness (QED) is 0.0461. The minimum absolute atomic E-state index is 0. The molecule has 5 unspecified atom stereocenters. The first-order chi connectivity index (χ1) is 32.9. The van der Waals surface area contributed by atoms with E-state index in [1.165, 1.54) is 57.6 Å². The van der Waals surface area contributed by atoms with Crippen molar-refractivity contribution in [2.45, 2.75) is 191 Å². The van der Waals surface area contributed by atoms with E-state index in [4.69, 9.17) is 19.4 Å². The number of nitrogens with one attached hydrogen (secondary N) is 3. The Kier molecular flexibility index (Phi) is 22.7. The molecule has 0 spiro atoms. The Morgan fingerprint density at radius 1 is 0.814 bits per heavy atom. The number of rotatable bonds is 24. The van der Waals surface area contributed by atoms with Crippen LogP contribution in [0.4, 0.5) is 0 Å². The molecule has 8 bridgehead atoms.